The first kappa shape index (κ1) is 17.7. The molecule has 25 heavy (non-hydrogen) atoms. The van der Waals surface area contributed by atoms with E-state index in [0.717, 1.165) is 29.4 Å². The summed E-state index contributed by atoms with van der Waals surface area (Å²) in [7, 11) is 1.75. The third-order valence-corrected chi connectivity index (χ3v) is 5.03. The number of carbonyl (C=O) groups excluding carboxylic acids is 1. The molecule has 3 rings (SSSR count). The molecule has 1 aromatic heterocycles. The fourth-order valence-electron chi connectivity index (χ4n) is 2.54. The summed E-state index contributed by atoms with van der Waals surface area (Å²) >= 11 is 1.39. The standard InChI is InChI=1S/C18H21FN4OS/c1-3-10-23-17(14-6-7-14)20-21-18(23)25-12-16(24)22(2)11-13-4-8-15(19)9-5-13/h3-5,8-9,14H,1,6-7,10-12H2,2H3. The zero-order valence-corrected chi connectivity index (χ0v) is 15.0. The number of aromatic nitrogens is 3. The second-order valence-electron chi connectivity index (χ2n) is 6.18. The van der Waals surface area contributed by atoms with E-state index >= 15 is 0 Å². The van der Waals surface area contributed by atoms with Crippen LogP contribution < -0.4 is 0 Å². The molecule has 7 heteroatoms. The predicted octanol–water partition coefficient (Wildman–Crippen LogP) is 3.23. The lowest BCUT2D eigenvalue weighted by Crippen LogP contribution is -2.27. The van der Waals surface area contributed by atoms with E-state index in [1.165, 1.54) is 23.9 Å². The van der Waals surface area contributed by atoms with Crippen LogP contribution in [0.25, 0.3) is 0 Å². The summed E-state index contributed by atoms with van der Waals surface area (Å²) in [5, 5.41) is 9.27. The van der Waals surface area contributed by atoms with Gasteiger partial charge in [-0.3, -0.25) is 4.79 Å². The molecule has 0 bridgehead atoms. The third-order valence-electron chi connectivity index (χ3n) is 4.08. The Hall–Kier alpha value is -2.15. The van der Waals surface area contributed by atoms with Crippen LogP contribution in [0, 0.1) is 5.82 Å². The van der Waals surface area contributed by atoms with E-state index in [9.17, 15) is 9.18 Å². The van der Waals surface area contributed by atoms with Crippen LogP contribution in [-0.4, -0.2) is 38.4 Å². The SMILES string of the molecule is C=CCn1c(SCC(=O)N(C)Cc2ccc(F)cc2)nnc1C1CC1. The summed E-state index contributed by atoms with van der Waals surface area (Å²) in [6, 6.07) is 6.18. The van der Waals surface area contributed by atoms with Crippen LogP contribution in [0.4, 0.5) is 4.39 Å². The van der Waals surface area contributed by atoms with Gasteiger partial charge in [0.15, 0.2) is 5.16 Å². The Morgan fingerprint density at radius 3 is 2.76 bits per heavy atom. The summed E-state index contributed by atoms with van der Waals surface area (Å²) < 4.78 is 15.0. The molecule has 2 aromatic rings. The van der Waals surface area contributed by atoms with Gasteiger partial charge in [0.2, 0.25) is 5.91 Å². The van der Waals surface area contributed by atoms with Crippen molar-refractivity contribution in [1.29, 1.82) is 0 Å². The lowest BCUT2D eigenvalue weighted by atomic mass is 10.2. The number of nitrogens with zero attached hydrogens (tertiary/aromatic N) is 4. The lowest BCUT2D eigenvalue weighted by molar-refractivity contribution is -0.127. The largest absolute Gasteiger partial charge is 0.341 e. The van der Waals surface area contributed by atoms with Crippen molar-refractivity contribution in [3.8, 4) is 0 Å². The summed E-state index contributed by atoms with van der Waals surface area (Å²) in [5.41, 5.74) is 0.896. The minimum Gasteiger partial charge on any atom is -0.341 e. The Morgan fingerprint density at radius 2 is 2.12 bits per heavy atom. The van der Waals surface area contributed by atoms with Crippen LogP contribution in [0.1, 0.15) is 30.1 Å². The summed E-state index contributed by atoms with van der Waals surface area (Å²) in [6.45, 7) is 4.89. The van der Waals surface area contributed by atoms with Crippen LogP contribution in [0.15, 0.2) is 42.1 Å². The van der Waals surface area contributed by atoms with Crippen molar-refractivity contribution in [2.75, 3.05) is 12.8 Å². The van der Waals surface area contributed by atoms with Gasteiger partial charge in [-0.25, -0.2) is 4.39 Å². The van der Waals surface area contributed by atoms with Gasteiger partial charge in [-0.1, -0.05) is 30.0 Å². The molecule has 1 heterocycles. The van der Waals surface area contributed by atoms with Gasteiger partial charge >= 0.3 is 0 Å². The Labute approximate surface area is 150 Å². The Bertz CT molecular complexity index is 755. The highest BCUT2D eigenvalue weighted by atomic mass is 32.2. The van der Waals surface area contributed by atoms with Gasteiger partial charge in [0.05, 0.1) is 5.75 Å². The van der Waals surface area contributed by atoms with Gasteiger partial charge < -0.3 is 9.47 Å². The van der Waals surface area contributed by atoms with Crippen molar-refractivity contribution < 1.29 is 9.18 Å². The average Bonchev–Trinajstić information content (AvgIpc) is 3.37. The number of rotatable bonds is 8. The number of carbonyl (C=O) groups is 1. The number of allylic oxidation sites excluding steroid dienone is 1. The highest BCUT2D eigenvalue weighted by Gasteiger charge is 2.30. The smallest absolute Gasteiger partial charge is 0.233 e. The van der Waals surface area contributed by atoms with Crippen LogP contribution in [-0.2, 0) is 17.9 Å². The number of hydrogen-bond donors (Lipinski definition) is 0. The molecule has 0 saturated heterocycles. The molecular weight excluding hydrogens is 339 g/mol. The fourth-order valence-corrected chi connectivity index (χ4v) is 3.43. The van der Waals surface area contributed by atoms with Gasteiger partial charge in [0.25, 0.3) is 0 Å². The van der Waals surface area contributed by atoms with Crippen molar-refractivity contribution in [3.05, 3.63) is 54.1 Å². The maximum Gasteiger partial charge on any atom is 0.233 e. The molecule has 0 radical (unpaired) electrons. The predicted molar refractivity (Wildman–Crippen MR) is 95.8 cm³/mol. The topological polar surface area (TPSA) is 51.0 Å². The first-order valence-corrected chi connectivity index (χ1v) is 9.22. The normalized spacial score (nSPS) is 13.7. The third kappa shape index (κ3) is 4.48. The van der Waals surface area contributed by atoms with Crippen LogP contribution >= 0.6 is 11.8 Å². The molecule has 0 spiro atoms. The highest BCUT2D eigenvalue weighted by molar-refractivity contribution is 7.99. The quantitative estimate of drug-likeness (QED) is 0.536. The second-order valence-corrected chi connectivity index (χ2v) is 7.12. The first-order chi connectivity index (χ1) is 12.1. The van der Waals surface area contributed by atoms with Gasteiger partial charge in [0, 0.05) is 26.1 Å². The fraction of sp³-hybridized carbons (Fsp3) is 0.389. The van der Waals surface area contributed by atoms with Crippen LogP contribution in [0.2, 0.25) is 0 Å². The monoisotopic (exact) mass is 360 g/mol. The summed E-state index contributed by atoms with van der Waals surface area (Å²) in [4.78, 5) is 14.0. The van der Waals surface area contributed by atoms with Gasteiger partial charge in [0.1, 0.15) is 11.6 Å². The van der Waals surface area contributed by atoms with Crippen LogP contribution in [0.3, 0.4) is 0 Å². The van der Waals surface area contributed by atoms with Crippen molar-refractivity contribution >= 4 is 17.7 Å². The number of benzene rings is 1. The molecule has 1 fully saturated rings. The van der Waals surface area contributed by atoms with Crippen molar-refractivity contribution in [2.45, 2.75) is 37.0 Å². The Balaban J connectivity index is 1.58. The van der Waals surface area contributed by atoms with E-state index in [-0.39, 0.29) is 17.5 Å². The first-order valence-electron chi connectivity index (χ1n) is 8.23. The molecule has 0 aliphatic heterocycles. The zero-order chi connectivity index (χ0) is 17.8. The van der Waals surface area contributed by atoms with E-state index in [1.54, 1.807) is 24.1 Å². The molecule has 5 nitrogen and oxygen atoms in total. The van der Waals surface area contributed by atoms with Crippen LogP contribution in [0.5, 0.6) is 0 Å². The van der Waals surface area contributed by atoms with E-state index in [0.29, 0.717) is 19.0 Å². The molecule has 0 atom stereocenters. The molecule has 1 aliphatic carbocycles. The molecular formula is C18H21FN4OS. The minimum absolute atomic E-state index is 0.00421. The molecule has 1 aliphatic rings. The molecule has 1 saturated carbocycles. The molecule has 1 amide bonds. The molecule has 0 unspecified atom stereocenters. The number of amides is 1. The minimum atomic E-state index is -0.277. The Kier molecular flexibility index (Phi) is 5.53. The molecule has 132 valence electrons. The summed E-state index contributed by atoms with van der Waals surface area (Å²) in [6.07, 6.45) is 4.13. The van der Waals surface area contributed by atoms with Crippen molar-refractivity contribution in [3.63, 3.8) is 0 Å². The number of halogens is 1. The van der Waals surface area contributed by atoms with Gasteiger partial charge in [-0.15, -0.1) is 16.8 Å². The Morgan fingerprint density at radius 1 is 1.40 bits per heavy atom. The zero-order valence-electron chi connectivity index (χ0n) is 14.2. The van der Waals surface area contributed by atoms with Gasteiger partial charge in [-0.05, 0) is 30.5 Å². The maximum atomic E-state index is 12.9. The van der Waals surface area contributed by atoms with E-state index in [2.05, 4.69) is 16.8 Å². The summed E-state index contributed by atoms with van der Waals surface area (Å²) in [5.74, 6) is 1.50. The van der Waals surface area contributed by atoms with Crippen molar-refractivity contribution in [1.82, 2.24) is 19.7 Å². The number of hydrogen-bond acceptors (Lipinski definition) is 4. The molecule has 0 N–H and O–H groups in total. The molecule has 1 aromatic carbocycles. The second kappa shape index (κ2) is 7.82. The lowest BCUT2D eigenvalue weighted by Gasteiger charge is -2.17. The van der Waals surface area contributed by atoms with E-state index < -0.39 is 0 Å². The maximum absolute atomic E-state index is 12.9. The number of thioether (sulfide) groups is 1. The van der Waals surface area contributed by atoms with E-state index in [4.69, 9.17) is 0 Å². The van der Waals surface area contributed by atoms with Gasteiger partial charge in [-0.2, -0.15) is 0 Å². The highest BCUT2D eigenvalue weighted by Crippen LogP contribution is 2.40. The van der Waals surface area contributed by atoms with E-state index in [1.807, 2.05) is 10.6 Å². The van der Waals surface area contributed by atoms with Crippen molar-refractivity contribution in [2.24, 2.45) is 0 Å². The average molecular weight is 360 g/mol.